The number of piperidine rings is 1. The number of rotatable bonds is 9. The molecule has 0 aromatic heterocycles. The number of ether oxygens (including phenoxy) is 2. The summed E-state index contributed by atoms with van der Waals surface area (Å²) in [6.07, 6.45) is -0.972. The number of amides is 1. The maximum atomic E-state index is 14.1. The van der Waals surface area contributed by atoms with Crippen molar-refractivity contribution < 1.29 is 37.0 Å². The Balaban J connectivity index is 1.60. The zero-order valence-electron chi connectivity index (χ0n) is 17.8. The number of sulfonamides is 1. The smallest absolute Gasteiger partial charge is 0.322 e. The monoisotopic (exact) mass is 472 g/mol. The second-order valence-electron chi connectivity index (χ2n) is 7.85. The molecule has 2 aliphatic heterocycles. The number of hydrogen-bond donors (Lipinski definition) is 1. The van der Waals surface area contributed by atoms with Gasteiger partial charge in [-0.05, 0) is 19.3 Å². The first-order valence-corrected chi connectivity index (χ1v) is 12.3. The van der Waals surface area contributed by atoms with Crippen molar-refractivity contribution in [2.75, 3.05) is 45.2 Å². The van der Waals surface area contributed by atoms with Crippen LogP contribution in [0.3, 0.4) is 0 Å². The summed E-state index contributed by atoms with van der Waals surface area (Å²) < 4.78 is 51.2. The number of morpholine rings is 1. The standard InChI is InChI=1S/C21H29FN2O7S/c22-19(16-6-2-1-3-7-16)31-12-5-15-32(28,29)24-9-4-8-17(18(24)21(26)27)20(25)23-10-13-30-14-11-23/h1-3,6-7,17-19H,4-5,8-15H2,(H,26,27). The molecule has 1 aromatic rings. The second kappa shape index (κ2) is 11.2. The van der Waals surface area contributed by atoms with Crippen molar-refractivity contribution in [1.82, 2.24) is 9.21 Å². The maximum absolute atomic E-state index is 14.1. The summed E-state index contributed by atoms with van der Waals surface area (Å²) in [5, 5.41) is 9.78. The minimum absolute atomic E-state index is 0.000499. The van der Waals surface area contributed by atoms with Crippen molar-refractivity contribution in [2.45, 2.75) is 31.7 Å². The first-order valence-electron chi connectivity index (χ1n) is 10.7. The SMILES string of the molecule is O=C(O)C1C(C(=O)N2CCOCC2)CCCN1S(=O)(=O)CCCOC(F)c1ccccc1. The van der Waals surface area contributed by atoms with E-state index < -0.39 is 40.1 Å². The highest BCUT2D eigenvalue weighted by Crippen LogP contribution is 2.29. The Morgan fingerprint density at radius 1 is 1.19 bits per heavy atom. The molecule has 1 N–H and O–H groups in total. The number of carboxylic acids is 1. The van der Waals surface area contributed by atoms with Gasteiger partial charge in [0.25, 0.3) is 0 Å². The predicted molar refractivity (Wildman–Crippen MR) is 113 cm³/mol. The molecule has 32 heavy (non-hydrogen) atoms. The van der Waals surface area contributed by atoms with Crippen molar-refractivity contribution in [2.24, 2.45) is 5.92 Å². The zero-order valence-corrected chi connectivity index (χ0v) is 18.6. The quantitative estimate of drug-likeness (QED) is 0.541. The van der Waals surface area contributed by atoms with Gasteiger partial charge in [-0.25, -0.2) is 12.8 Å². The zero-order chi connectivity index (χ0) is 23.1. The van der Waals surface area contributed by atoms with Crippen molar-refractivity contribution in [3.05, 3.63) is 35.9 Å². The molecule has 2 heterocycles. The van der Waals surface area contributed by atoms with E-state index in [2.05, 4.69) is 0 Å². The van der Waals surface area contributed by atoms with Gasteiger partial charge < -0.3 is 19.5 Å². The summed E-state index contributed by atoms with van der Waals surface area (Å²) in [7, 11) is -3.98. The Labute approximate surface area is 187 Å². The Morgan fingerprint density at radius 3 is 2.53 bits per heavy atom. The lowest BCUT2D eigenvalue weighted by atomic mass is 9.89. The molecule has 2 fully saturated rings. The van der Waals surface area contributed by atoms with E-state index in [9.17, 15) is 27.5 Å². The largest absolute Gasteiger partial charge is 0.480 e. The van der Waals surface area contributed by atoms with E-state index in [0.29, 0.717) is 44.7 Å². The number of nitrogens with zero attached hydrogens (tertiary/aromatic N) is 2. The third-order valence-electron chi connectivity index (χ3n) is 5.71. The molecule has 0 radical (unpaired) electrons. The van der Waals surface area contributed by atoms with Crippen LogP contribution >= 0.6 is 0 Å². The number of carbonyl (C=O) groups excluding carboxylic acids is 1. The Morgan fingerprint density at radius 2 is 1.88 bits per heavy atom. The topological polar surface area (TPSA) is 113 Å². The molecule has 3 unspecified atom stereocenters. The van der Waals surface area contributed by atoms with Crippen molar-refractivity contribution in [3.8, 4) is 0 Å². The lowest BCUT2D eigenvalue weighted by Gasteiger charge is -2.39. The Bertz CT molecular complexity index is 877. The molecule has 2 saturated heterocycles. The van der Waals surface area contributed by atoms with Crippen LogP contribution < -0.4 is 0 Å². The molecule has 0 bridgehead atoms. The minimum atomic E-state index is -3.98. The average molecular weight is 473 g/mol. The van der Waals surface area contributed by atoms with Gasteiger partial charge in [-0.15, -0.1) is 0 Å². The normalized spacial score (nSPS) is 23.6. The summed E-state index contributed by atoms with van der Waals surface area (Å²) in [4.78, 5) is 26.5. The molecule has 3 atom stereocenters. The molecule has 9 nitrogen and oxygen atoms in total. The minimum Gasteiger partial charge on any atom is -0.480 e. The first kappa shape index (κ1) is 24.6. The summed E-state index contributed by atoms with van der Waals surface area (Å²) in [5.41, 5.74) is 0.335. The first-order chi connectivity index (χ1) is 15.3. The van der Waals surface area contributed by atoms with Crippen LogP contribution in [0, 0.1) is 5.92 Å². The van der Waals surface area contributed by atoms with Gasteiger partial charge in [-0.3, -0.25) is 9.59 Å². The third-order valence-corrected chi connectivity index (χ3v) is 7.64. The van der Waals surface area contributed by atoms with Crippen LogP contribution in [0.1, 0.15) is 31.2 Å². The van der Waals surface area contributed by atoms with E-state index in [1.165, 1.54) is 0 Å². The third kappa shape index (κ3) is 6.03. The second-order valence-corrected chi connectivity index (χ2v) is 9.89. The molecule has 0 saturated carbocycles. The van der Waals surface area contributed by atoms with Crippen molar-refractivity contribution in [1.29, 1.82) is 0 Å². The fourth-order valence-corrected chi connectivity index (χ4v) is 5.80. The van der Waals surface area contributed by atoms with E-state index in [1.807, 2.05) is 0 Å². The van der Waals surface area contributed by atoms with Gasteiger partial charge in [0.1, 0.15) is 6.04 Å². The highest BCUT2D eigenvalue weighted by molar-refractivity contribution is 7.89. The number of carbonyl (C=O) groups is 2. The highest BCUT2D eigenvalue weighted by atomic mass is 32.2. The fourth-order valence-electron chi connectivity index (χ4n) is 4.09. The summed E-state index contributed by atoms with van der Waals surface area (Å²) in [5.74, 6) is -3.04. The van der Waals surface area contributed by atoms with E-state index >= 15 is 0 Å². The van der Waals surface area contributed by atoms with Crippen LogP contribution in [0.25, 0.3) is 0 Å². The van der Waals surface area contributed by atoms with Gasteiger partial charge >= 0.3 is 5.97 Å². The molecular formula is C21H29FN2O7S. The molecule has 1 amide bonds. The molecule has 0 spiro atoms. The summed E-state index contributed by atoms with van der Waals surface area (Å²) in [6.45, 7) is 1.35. The van der Waals surface area contributed by atoms with E-state index in [-0.39, 0.29) is 25.5 Å². The van der Waals surface area contributed by atoms with Crippen molar-refractivity contribution in [3.63, 3.8) is 0 Å². The lowest BCUT2D eigenvalue weighted by Crippen LogP contribution is -2.58. The number of halogens is 1. The highest BCUT2D eigenvalue weighted by Gasteiger charge is 2.46. The molecule has 0 aliphatic carbocycles. The summed E-state index contributed by atoms with van der Waals surface area (Å²) >= 11 is 0. The average Bonchev–Trinajstić information content (AvgIpc) is 2.81. The maximum Gasteiger partial charge on any atom is 0.322 e. The van der Waals surface area contributed by atoms with Crippen LogP contribution in [0.5, 0.6) is 0 Å². The van der Waals surface area contributed by atoms with Crippen LogP contribution in [0.15, 0.2) is 30.3 Å². The van der Waals surface area contributed by atoms with Gasteiger partial charge in [-0.1, -0.05) is 30.3 Å². The number of aliphatic carboxylic acids is 1. The van der Waals surface area contributed by atoms with Gasteiger partial charge in [-0.2, -0.15) is 4.31 Å². The molecule has 2 aliphatic rings. The van der Waals surface area contributed by atoms with Gasteiger partial charge in [0, 0.05) is 25.2 Å². The van der Waals surface area contributed by atoms with Crippen LogP contribution in [-0.4, -0.2) is 85.9 Å². The van der Waals surface area contributed by atoms with Crippen LogP contribution in [0.2, 0.25) is 0 Å². The summed E-state index contributed by atoms with van der Waals surface area (Å²) in [6, 6.07) is 6.77. The van der Waals surface area contributed by atoms with E-state index in [1.54, 1.807) is 35.2 Å². The van der Waals surface area contributed by atoms with E-state index in [0.717, 1.165) is 4.31 Å². The predicted octanol–water partition coefficient (Wildman–Crippen LogP) is 1.42. The number of alkyl halides is 1. The Hall–Kier alpha value is -2.08. The number of hydrogen-bond acceptors (Lipinski definition) is 6. The lowest BCUT2D eigenvalue weighted by molar-refractivity contribution is -0.153. The number of carboxylic acid groups (broad SMARTS) is 1. The van der Waals surface area contributed by atoms with E-state index in [4.69, 9.17) is 9.47 Å². The molecule has 3 rings (SSSR count). The molecule has 1 aromatic carbocycles. The molecular weight excluding hydrogens is 443 g/mol. The fraction of sp³-hybridized carbons (Fsp3) is 0.619. The number of benzene rings is 1. The molecule has 11 heteroatoms. The van der Waals surface area contributed by atoms with Gasteiger partial charge in [0.05, 0.1) is 31.5 Å². The van der Waals surface area contributed by atoms with Gasteiger partial charge in [0.15, 0.2) is 0 Å². The van der Waals surface area contributed by atoms with Gasteiger partial charge in [0.2, 0.25) is 22.3 Å². The van der Waals surface area contributed by atoms with Crippen LogP contribution in [-0.2, 0) is 29.1 Å². The van der Waals surface area contributed by atoms with Crippen LogP contribution in [0.4, 0.5) is 4.39 Å². The van der Waals surface area contributed by atoms with Crippen molar-refractivity contribution >= 4 is 21.9 Å². The molecule has 178 valence electrons. The Kier molecular flexibility index (Phi) is 8.57.